The summed E-state index contributed by atoms with van der Waals surface area (Å²) in [5.74, 6) is 0. The Balaban J connectivity index is 1.63. The van der Waals surface area contributed by atoms with Crippen LogP contribution in [0, 0.1) is 0 Å². The number of nitrogens with zero attached hydrogens (tertiary/aromatic N) is 2. The SMILES string of the molecule is CCN1/C(=C/C=C/c2cc[n+](CC(O)C[O-])c3ccccc23)Sc2ccc(Cl)cc21. The van der Waals surface area contributed by atoms with Crippen molar-refractivity contribution >= 4 is 46.0 Å². The maximum Gasteiger partial charge on any atom is 0.213 e. The minimum atomic E-state index is -0.890. The highest BCUT2D eigenvalue weighted by Crippen LogP contribution is 2.46. The third-order valence-corrected chi connectivity index (χ3v) is 6.45. The van der Waals surface area contributed by atoms with Crippen molar-refractivity contribution in [3.05, 3.63) is 82.5 Å². The summed E-state index contributed by atoms with van der Waals surface area (Å²) in [7, 11) is 0. The lowest BCUT2D eigenvalue weighted by Gasteiger charge is -2.17. The van der Waals surface area contributed by atoms with Crippen molar-refractivity contribution in [3.8, 4) is 0 Å². The number of aromatic nitrogens is 1. The number of thioether (sulfide) groups is 1. The molecule has 2 aromatic carbocycles. The summed E-state index contributed by atoms with van der Waals surface area (Å²) in [6, 6.07) is 16.1. The van der Waals surface area contributed by atoms with E-state index in [0.717, 1.165) is 33.7 Å². The van der Waals surface area contributed by atoms with Crippen LogP contribution in [0.3, 0.4) is 0 Å². The van der Waals surface area contributed by atoms with Gasteiger partial charge in [0.15, 0.2) is 12.7 Å². The standard InChI is InChI=1S/C24H23ClN2O2S/c1-2-27-22-14-18(25)10-11-23(22)30-24(27)9-5-6-17-12-13-26(15-19(29)16-28)21-8-4-3-7-20(17)21/h3-14,19,29H,2,15-16H2,1H3. The average Bonchev–Trinajstić information content (AvgIpc) is 3.11. The van der Waals surface area contributed by atoms with E-state index < -0.39 is 12.7 Å². The van der Waals surface area contributed by atoms with Gasteiger partial charge in [-0.3, -0.25) is 0 Å². The predicted octanol–water partition coefficient (Wildman–Crippen LogP) is 3.99. The molecule has 1 aliphatic heterocycles. The quantitative estimate of drug-likeness (QED) is 0.591. The molecule has 1 atom stereocenters. The van der Waals surface area contributed by atoms with Crippen LogP contribution in [0.1, 0.15) is 12.5 Å². The number of fused-ring (bicyclic) bond motifs is 2. The summed E-state index contributed by atoms with van der Waals surface area (Å²) >= 11 is 7.93. The van der Waals surface area contributed by atoms with E-state index in [0.29, 0.717) is 6.54 Å². The van der Waals surface area contributed by atoms with Crippen molar-refractivity contribution in [2.45, 2.75) is 24.5 Å². The second-order valence-electron chi connectivity index (χ2n) is 7.08. The van der Waals surface area contributed by atoms with E-state index in [1.165, 1.54) is 9.92 Å². The van der Waals surface area contributed by atoms with Crippen LogP contribution < -0.4 is 14.6 Å². The van der Waals surface area contributed by atoms with Gasteiger partial charge < -0.3 is 15.1 Å². The molecule has 1 aliphatic rings. The predicted molar refractivity (Wildman–Crippen MR) is 122 cm³/mol. The Morgan fingerprint density at radius 2 is 2.07 bits per heavy atom. The molecule has 1 aromatic heterocycles. The average molecular weight is 439 g/mol. The van der Waals surface area contributed by atoms with Gasteiger partial charge in [-0.25, -0.2) is 0 Å². The van der Waals surface area contributed by atoms with Crippen LogP contribution in [0.25, 0.3) is 17.0 Å². The summed E-state index contributed by atoms with van der Waals surface area (Å²) in [6.07, 6.45) is 7.32. The third kappa shape index (κ3) is 4.25. The van der Waals surface area contributed by atoms with E-state index in [1.54, 1.807) is 11.8 Å². The molecule has 4 nitrogen and oxygen atoms in total. The van der Waals surface area contributed by atoms with Gasteiger partial charge in [0.1, 0.15) is 0 Å². The smallest absolute Gasteiger partial charge is 0.213 e. The maximum absolute atomic E-state index is 11.0. The van der Waals surface area contributed by atoms with Gasteiger partial charge in [-0.05, 0) is 42.8 Å². The van der Waals surface area contributed by atoms with Gasteiger partial charge in [0.2, 0.25) is 5.52 Å². The molecule has 30 heavy (non-hydrogen) atoms. The van der Waals surface area contributed by atoms with Crippen molar-refractivity contribution in [1.29, 1.82) is 0 Å². The molecule has 0 amide bonds. The molecule has 3 aromatic rings. The Labute approximate surface area is 185 Å². The zero-order chi connectivity index (χ0) is 21.1. The number of aliphatic hydroxyl groups is 1. The first-order valence-electron chi connectivity index (χ1n) is 9.91. The molecule has 154 valence electrons. The zero-order valence-electron chi connectivity index (χ0n) is 16.7. The van der Waals surface area contributed by atoms with Crippen LogP contribution in [-0.2, 0) is 6.54 Å². The maximum atomic E-state index is 11.0. The Kier molecular flexibility index (Phi) is 6.44. The summed E-state index contributed by atoms with van der Waals surface area (Å²) < 4.78 is 1.93. The van der Waals surface area contributed by atoms with E-state index >= 15 is 0 Å². The van der Waals surface area contributed by atoms with E-state index in [9.17, 15) is 10.2 Å². The number of aliphatic hydroxyl groups excluding tert-OH is 1. The van der Waals surface area contributed by atoms with Gasteiger partial charge in [0, 0.05) is 28.6 Å². The fraction of sp³-hybridized carbons (Fsp3) is 0.208. The first kappa shape index (κ1) is 20.9. The van der Waals surface area contributed by atoms with Crippen LogP contribution in [0.15, 0.2) is 76.8 Å². The first-order valence-corrected chi connectivity index (χ1v) is 11.1. The summed E-state index contributed by atoms with van der Waals surface area (Å²) in [5.41, 5.74) is 3.23. The van der Waals surface area contributed by atoms with Crippen LogP contribution in [0.2, 0.25) is 5.02 Å². The molecule has 6 heteroatoms. The highest BCUT2D eigenvalue weighted by Gasteiger charge is 2.23. The Hall–Kier alpha value is -2.31. The molecule has 1 N–H and O–H groups in total. The fourth-order valence-corrected chi connectivity index (χ4v) is 4.94. The number of para-hydroxylation sites is 1. The lowest BCUT2D eigenvalue weighted by atomic mass is 10.1. The van der Waals surface area contributed by atoms with Crippen molar-refractivity contribution in [3.63, 3.8) is 0 Å². The summed E-state index contributed by atoms with van der Waals surface area (Å²) in [5, 5.41) is 23.7. The molecular weight excluding hydrogens is 416 g/mol. The third-order valence-electron chi connectivity index (χ3n) is 5.08. The molecule has 0 spiro atoms. The molecule has 0 aliphatic carbocycles. The second kappa shape index (κ2) is 9.23. The van der Waals surface area contributed by atoms with Crippen LogP contribution in [-0.4, -0.2) is 24.4 Å². The molecule has 2 heterocycles. The topological polar surface area (TPSA) is 50.4 Å². The lowest BCUT2D eigenvalue weighted by molar-refractivity contribution is -0.681. The second-order valence-corrected chi connectivity index (χ2v) is 8.58. The Morgan fingerprint density at radius 3 is 2.87 bits per heavy atom. The molecule has 0 bridgehead atoms. The number of hydrogen-bond acceptors (Lipinski definition) is 4. The molecular formula is C24H23ClN2O2S. The number of benzene rings is 2. The van der Waals surface area contributed by atoms with Gasteiger partial charge in [-0.2, -0.15) is 4.57 Å². The van der Waals surface area contributed by atoms with Gasteiger partial charge in [-0.15, -0.1) is 6.61 Å². The minimum Gasteiger partial charge on any atom is -0.852 e. The lowest BCUT2D eigenvalue weighted by Crippen LogP contribution is -2.43. The van der Waals surface area contributed by atoms with Gasteiger partial charge in [-0.1, -0.05) is 47.6 Å². The highest BCUT2D eigenvalue weighted by molar-refractivity contribution is 8.03. The van der Waals surface area contributed by atoms with E-state index in [2.05, 4.69) is 42.2 Å². The Morgan fingerprint density at radius 1 is 1.23 bits per heavy atom. The number of halogens is 1. The van der Waals surface area contributed by atoms with Gasteiger partial charge >= 0.3 is 0 Å². The normalized spacial score (nSPS) is 16.0. The molecule has 0 saturated heterocycles. The van der Waals surface area contributed by atoms with Crippen molar-refractivity contribution in [1.82, 2.24) is 0 Å². The number of rotatable bonds is 6. The van der Waals surface area contributed by atoms with E-state index in [-0.39, 0.29) is 0 Å². The van der Waals surface area contributed by atoms with Gasteiger partial charge in [0.25, 0.3) is 0 Å². The van der Waals surface area contributed by atoms with Crippen LogP contribution >= 0.6 is 23.4 Å². The zero-order valence-corrected chi connectivity index (χ0v) is 18.2. The first-order chi connectivity index (χ1) is 14.6. The molecule has 1 unspecified atom stereocenters. The van der Waals surface area contributed by atoms with E-state index in [4.69, 9.17) is 11.6 Å². The highest BCUT2D eigenvalue weighted by atomic mass is 35.5. The number of pyridine rings is 1. The van der Waals surface area contributed by atoms with Crippen molar-refractivity contribution < 1.29 is 14.8 Å². The largest absolute Gasteiger partial charge is 0.852 e. The number of anilines is 1. The molecule has 0 radical (unpaired) electrons. The summed E-state index contributed by atoms with van der Waals surface area (Å²) in [6.45, 7) is 2.79. The molecule has 0 saturated carbocycles. The Bertz CT molecular complexity index is 1130. The summed E-state index contributed by atoms with van der Waals surface area (Å²) in [4.78, 5) is 3.47. The molecule has 0 fully saturated rings. The fourth-order valence-electron chi connectivity index (χ4n) is 3.65. The van der Waals surface area contributed by atoms with Crippen molar-refractivity contribution in [2.24, 2.45) is 0 Å². The number of hydrogen-bond donors (Lipinski definition) is 1. The monoisotopic (exact) mass is 438 g/mol. The number of allylic oxidation sites excluding steroid dienone is 2. The minimum absolute atomic E-state index is 0.293. The van der Waals surface area contributed by atoms with Crippen molar-refractivity contribution in [2.75, 3.05) is 18.1 Å². The van der Waals surface area contributed by atoms with Gasteiger partial charge in [0.05, 0.1) is 22.2 Å². The van der Waals surface area contributed by atoms with E-state index in [1.807, 2.05) is 47.2 Å². The van der Waals surface area contributed by atoms with Crippen LogP contribution in [0.5, 0.6) is 0 Å². The van der Waals surface area contributed by atoms with Crippen LogP contribution in [0.4, 0.5) is 5.69 Å². The molecule has 4 rings (SSSR count).